The zero-order valence-corrected chi connectivity index (χ0v) is 11.1. The molecular formula is C12H10Cl2O2S. The third kappa shape index (κ3) is 2.57. The van der Waals surface area contributed by atoms with Crippen LogP contribution < -0.4 is 0 Å². The molecule has 1 aromatic carbocycles. The number of hydrogen-bond acceptors (Lipinski definition) is 2. The topological polar surface area (TPSA) is 34.1 Å². The lowest BCUT2D eigenvalue weighted by atomic mass is 9.95. The van der Waals surface area contributed by atoms with Crippen LogP contribution >= 0.6 is 22.3 Å². The van der Waals surface area contributed by atoms with Crippen molar-refractivity contribution in [1.29, 1.82) is 0 Å². The molecule has 0 radical (unpaired) electrons. The molecule has 0 atom stereocenters. The largest absolute Gasteiger partial charge is 0.259 e. The summed E-state index contributed by atoms with van der Waals surface area (Å²) in [6.45, 7) is 0. The number of allylic oxidation sites excluding steroid dienone is 2. The summed E-state index contributed by atoms with van der Waals surface area (Å²) in [6.07, 6.45) is 6.30. The highest BCUT2D eigenvalue weighted by atomic mass is 35.7. The van der Waals surface area contributed by atoms with Gasteiger partial charge in [0.05, 0.1) is 0 Å². The second-order valence-electron chi connectivity index (χ2n) is 3.79. The highest BCUT2D eigenvalue weighted by molar-refractivity contribution is 8.16. The SMILES string of the molecule is O=S(=O)(Cl)C1(Cl)C=CC(c2ccccc2)C=C1. The Morgan fingerprint density at radius 2 is 1.59 bits per heavy atom. The van der Waals surface area contributed by atoms with Crippen LogP contribution in [0.4, 0.5) is 0 Å². The minimum atomic E-state index is -3.87. The molecule has 90 valence electrons. The van der Waals surface area contributed by atoms with E-state index in [9.17, 15) is 8.42 Å². The van der Waals surface area contributed by atoms with E-state index in [1.54, 1.807) is 12.2 Å². The lowest BCUT2D eigenvalue weighted by molar-refractivity contribution is 0.604. The van der Waals surface area contributed by atoms with Crippen molar-refractivity contribution in [2.75, 3.05) is 0 Å². The van der Waals surface area contributed by atoms with E-state index < -0.39 is 13.3 Å². The van der Waals surface area contributed by atoms with Gasteiger partial charge in [0, 0.05) is 16.6 Å². The predicted octanol–water partition coefficient (Wildman–Crippen LogP) is 3.40. The standard InChI is InChI=1S/C12H10Cl2O2S/c13-12(17(14,15)16)8-6-11(7-9-12)10-4-2-1-3-5-10/h1-9,11H. The number of hydrogen-bond donors (Lipinski definition) is 0. The summed E-state index contributed by atoms with van der Waals surface area (Å²) in [4.78, 5) is 0. The highest BCUT2D eigenvalue weighted by Gasteiger charge is 2.37. The van der Waals surface area contributed by atoms with Crippen molar-refractivity contribution in [3.63, 3.8) is 0 Å². The maximum Gasteiger partial charge on any atom is 0.259 e. The Morgan fingerprint density at radius 3 is 2.06 bits per heavy atom. The van der Waals surface area contributed by atoms with Gasteiger partial charge in [-0.2, -0.15) is 0 Å². The van der Waals surface area contributed by atoms with Gasteiger partial charge in [-0.15, -0.1) is 0 Å². The predicted molar refractivity (Wildman–Crippen MR) is 70.8 cm³/mol. The van der Waals surface area contributed by atoms with E-state index in [2.05, 4.69) is 0 Å². The summed E-state index contributed by atoms with van der Waals surface area (Å²) in [5, 5.41) is 0. The molecule has 0 aliphatic heterocycles. The van der Waals surface area contributed by atoms with E-state index in [1.165, 1.54) is 12.2 Å². The minimum Gasteiger partial charge on any atom is -0.210 e. The molecule has 1 aromatic rings. The fourth-order valence-corrected chi connectivity index (χ4v) is 2.59. The zero-order chi connectivity index (χ0) is 12.5. The van der Waals surface area contributed by atoms with Crippen molar-refractivity contribution in [2.24, 2.45) is 0 Å². The van der Waals surface area contributed by atoms with Gasteiger partial charge in [0.25, 0.3) is 9.05 Å². The number of alkyl halides is 1. The first-order valence-electron chi connectivity index (χ1n) is 4.99. The quantitative estimate of drug-likeness (QED) is 0.475. The van der Waals surface area contributed by atoms with Crippen LogP contribution in [-0.2, 0) is 9.05 Å². The first-order chi connectivity index (χ1) is 7.92. The van der Waals surface area contributed by atoms with Crippen molar-refractivity contribution >= 4 is 31.3 Å². The summed E-state index contributed by atoms with van der Waals surface area (Å²) in [6, 6.07) is 9.72. The van der Waals surface area contributed by atoms with E-state index in [0.717, 1.165) is 5.56 Å². The van der Waals surface area contributed by atoms with Crippen LogP contribution in [0, 0.1) is 0 Å². The molecule has 0 heterocycles. The van der Waals surface area contributed by atoms with Crippen LogP contribution in [0.2, 0.25) is 0 Å². The molecule has 0 aromatic heterocycles. The van der Waals surface area contributed by atoms with Crippen LogP contribution in [0.25, 0.3) is 0 Å². The monoisotopic (exact) mass is 288 g/mol. The van der Waals surface area contributed by atoms with Gasteiger partial charge in [0.15, 0.2) is 4.21 Å². The van der Waals surface area contributed by atoms with Crippen LogP contribution in [0.5, 0.6) is 0 Å². The van der Waals surface area contributed by atoms with Crippen LogP contribution in [0.15, 0.2) is 54.6 Å². The molecule has 17 heavy (non-hydrogen) atoms. The van der Waals surface area contributed by atoms with Gasteiger partial charge in [-0.25, -0.2) is 8.42 Å². The van der Waals surface area contributed by atoms with Gasteiger partial charge in [0.2, 0.25) is 0 Å². The Kier molecular flexibility index (Phi) is 3.34. The average molecular weight is 289 g/mol. The molecule has 0 bridgehead atoms. The Morgan fingerprint density at radius 1 is 1.06 bits per heavy atom. The van der Waals surface area contributed by atoms with Crippen molar-refractivity contribution < 1.29 is 8.42 Å². The van der Waals surface area contributed by atoms with E-state index in [0.29, 0.717) is 0 Å². The van der Waals surface area contributed by atoms with Crippen LogP contribution in [-0.4, -0.2) is 12.6 Å². The molecule has 1 aliphatic carbocycles. The van der Waals surface area contributed by atoms with Gasteiger partial charge in [-0.1, -0.05) is 54.1 Å². The van der Waals surface area contributed by atoms with Crippen molar-refractivity contribution in [3.8, 4) is 0 Å². The molecular weight excluding hydrogens is 279 g/mol. The smallest absolute Gasteiger partial charge is 0.210 e. The summed E-state index contributed by atoms with van der Waals surface area (Å²) >= 11 is 5.91. The van der Waals surface area contributed by atoms with E-state index >= 15 is 0 Å². The molecule has 0 saturated heterocycles. The number of halogens is 2. The van der Waals surface area contributed by atoms with Gasteiger partial charge in [0.1, 0.15) is 0 Å². The molecule has 0 unspecified atom stereocenters. The molecule has 2 rings (SSSR count). The Balaban J connectivity index is 2.28. The second-order valence-corrected chi connectivity index (χ2v) is 7.41. The molecule has 0 amide bonds. The van der Waals surface area contributed by atoms with Crippen molar-refractivity contribution in [3.05, 3.63) is 60.2 Å². The fourth-order valence-electron chi connectivity index (χ4n) is 1.65. The van der Waals surface area contributed by atoms with Gasteiger partial charge in [-0.05, 0) is 17.7 Å². The number of benzene rings is 1. The number of rotatable bonds is 2. The Labute approximate surface area is 110 Å². The highest BCUT2D eigenvalue weighted by Crippen LogP contribution is 2.36. The maximum atomic E-state index is 11.3. The summed E-state index contributed by atoms with van der Waals surface area (Å²) < 4.78 is 20.9. The molecule has 0 saturated carbocycles. The van der Waals surface area contributed by atoms with E-state index in [1.807, 2.05) is 30.3 Å². The first-order valence-corrected chi connectivity index (χ1v) is 7.68. The maximum absolute atomic E-state index is 11.3. The van der Waals surface area contributed by atoms with E-state index in [-0.39, 0.29) is 5.92 Å². The molecule has 5 heteroatoms. The molecule has 0 N–H and O–H groups in total. The first kappa shape index (κ1) is 12.7. The van der Waals surface area contributed by atoms with Crippen molar-refractivity contribution in [2.45, 2.75) is 10.1 Å². The van der Waals surface area contributed by atoms with Gasteiger partial charge in [-0.3, -0.25) is 0 Å². The van der Waals surface area contributed by atoms with Gasteiger partial charge >= 0.3 is 0 Å². The van der Waals surface area contributed by atoms with Gasteiger partial charge < -0.3 is 0 Å². The van der Waals surface area contributed by atoms with Crippen molar-refractivity contribution in [1.82, 2.24) is 0 Å². The van der Waals surface area contributed by atoms with E-state index in [4.69, 9.17) is 22.3 Å². The lowest BCUT2D eigenvalue weighted by Gasteiger charge is -2.21. The summed E-state index contributed by atoms with van der Waals surface area (Å²) in [5.41, 5.74) is 1.07. The third-order valence-electron chi connectivity index (χ3n) is 2.62. The molecule has 1 aliphatic rings. The second kappa shape index (κ2) is 4.48. The summed E-state index contributed by atoms with van der Waals surface area (Å²) in [5.74, 6) is 0.0292. The summed E-state index contributed by atoms with van der Waals surface area (Å²) in [7, 11) is 1.42. The molecule has 0 spiro atoms. The average Bonchev–Trinajstić information content (AvgIpc) is 2.30. The fraction of sp³-hybridized carbons (Fsp3) is 0.167. The molecule has 2 nitrogen and oxygen atoms in total. The Bertz CT molecular complexity index is 547. The van der Waals surface area contributed by atoms with Crippen LogP contribution in [0.3, 0.4) is 0 Å². The van der Waals surface area contributed by atoms with Crippen LogP contribution in [0.1, 0.15) is 11.5 Å². The lowest BCUT2D eigenvalue weighted by Crippen LogP contribution is -2.25. The molecule has 0 fully saturated rings. The Hall–Kier alpha value is -0.770. The minimum absolute atomic E-state index is 0.0292. The normalized spacial score (nSPS) is 28.2. The third-order valence-corrected chi connectivity index (χ3v) is 5.50. The zero-order valence-electron chi connectivity index (χ0n) is 8.75.